The molecule has 1 amide bonds. The van der Waals surface area contributed by atoms with Gasteiger partial charge in [-0.1, -0.05) is 42.7 Å². The van der Waals surface area contributed by atoms with Crippen LogP contribution in [0, 0.1) is 24.2 Å². The molecule has 2 unspecified atom stereocenters. The molecule has 3 aliphatic rings. The number of fused-ring (bicyclic) bond motifs is 1. The molecule has 0 spiro atoms. The highest BCUT2D eigenvalue weighted by Gasteiger charge is 2.57. The van der Waals surface area contributed by atoms with Crippen molar-refractivity contribution in [1.82, 2.24) is 10.2 Å². The number of benzene rings is 1. The zero-order valence-corrected chi connectivity index (χ0v) is 15.9. The van der Waals surface area contributed by atoms with E-state index in [-0.39, 0.29) is 17.7 Å². The minimum Gasteiger partial charge on any atom is -0.325 e. The molecule has 0 radical (unpaired) electrons. The Morgan fingerprint density at radius 1 is 1.15 bits per heavy atom. The fourth-order valence-corrected chi connectivity index (χ4v) is 5.16. The molecule has 3 fully saturated rings. The van der Waals surface area contributed by atoms with Crippen molar-refractivity contribution in [3.8, 4) is 6.07 Å². The van der Waals surface area contributed by atoms with Crippen LogP contribution in [0.5, 0.6) is 0 Å². The lowest BCUT2D eigenvalue weighted by Crippen LogP contribution is -2.61. The van der Waals surface area contributed by atoms with Gasteiger partial charge in [-0.15, -0.1) is 0 Å². The summed E-state index contributed by atoms with van der Waals surface area (Å²) in [4.78, 5) is 28.9. The SMILES string of the molecule is Cc1ccc(C(=O)[C@@]2(C(=O)N3CCC[C@H]3C#N)CC3CCCCC3N2)cc1. The van der Waals surface area contributed by atoms with Crippen molar-refractivity contribution < 1.29 is 9.59 Å². The van der Waals surface area contributed by atoms with Crippen LogP contribution in [0.2, 0.25) is 0 Å². The van der Waals surface area contributed by atoms with Crippen LogP contribution in [0.15, 0.2) is 24.3 Å². The molecule has 1 aliphatic carbocycles. The predicted molar refractivity (Wildman–Crippen MR) is 102 cm³/mol. The molecule has 0 bridgehead atoms. The van der Waals surface area contributed by atoms with Gasteiger partial charge >= 0.3 is 0 Å². The normalized spacial score (nSPS) is 32.7. The van der Waals surface area contributed by atoms with Crippen molar-refractivity contribution in [1.29, 1.82) is 5.26 Å². The first kappa shape index (κ1) is 18.2. The van der Waals surface area contributed by atoms with Gasteiger partial charge in [0.25, 0.3) is 5.91 Å². The van der Waals surface area contributed by atoms with Crippen molar-refractivity contribution in [2.24, 2.45) is 5.92 Å². The van der Waals surface area contributed by atoms with Gasteiger partial charge in [0.05, 0.1) is 6.07 Å². The van der Waals surface area contributed by atoms with E-state index in [9.17, 15) is 14.9 Å². The summed E-state index contributed by atoms with van der Waals surface area (Å²) >= 11 is 0. The van der Waals surface area contributed by atoms with Gasteiger partial charge < -0.3 is 4.90 Å². The van der Waals surface area contributed by atoms with Gasteiger partial charge in [-0.3, -0.25) is 14.9 Å². The van der Waals surface area contributed by atoms with Gasteiger partial charge in [-0.05, 0) is 44.9 Å². The van der Waals surface area contributed by atoms with E-state index in [0.717, 1.165) is 37.7 Å². The molecular weight excluding hydrogens is 338 g/mol. The average Bonchev–Trinajstić information content (AvgIpc) is 3.32. The number of likely N-dealkylation sites (tertiary alicyclic amines) is 1. The van der Waals surface area contributed by atoms with Gasteiger partial charge in [-0.2, -0.15) is 5.26 Å². The van der Waals surface area contributed by atoms with Crippen molar-refractivity contribution in [2.45, 2.75) is 69.5 Å². The number of carbonyl (C=O) groups excluding carboxylic acids is 2. The zero-order chi connectivity index (χ0) is 19.0. The molecule has 1 saturated carbocycles. The van der Waals surface area contributed by atoms with E-state index in [4.69, 9.17) is 0 Å². The molecule has 2 aliphatic heterocycles. The Morgan fingerprint density at radius 2 is 1.89 bits per heavy atom. The lowest BCUT2D eigenvalue weighted by atomic mass is 9.79. The van der Waals surface area contributed by atoms with Gasteiger partial charge in [0.15, 0.2) is 11.3 Å². The Labute approximate surface area is 160 Å². The maximum absolute atomic E-state index is 13.7. The third-order valence-electron chi connectivity index (χ3n) is 6.64. The number of hydrogen-bond donors (Lipinski definition) is 1. The second-order valence-corrected chi connectivity index (χ2v) is 8.39. The number of rotatable bonds is 3. The number of ketones is 1. The second-order valence-electron chi connectivity index (χ2n) is 8.39. The Bertz CT molecular complexity index is 766. The number of nitrogens with zero attached hydrogens (tertiary/aromatic N) is 2. The highest BCUT2D eigenvalue weighted by atomic mass is 16.2. The fourth-order valence-electron chi connectivity index (χ4n) is 5.16. The van der Waals surface area contributed by atoms with Crippen molar-refractivity contribution in [2.75, 3.05) is 6.54 Å². The first-order chi connectivity index (χ1) is 13.0. The van der Waals surface area contributed by atoms with E-state index in [1.807, 2.05) is 31.2 Å². The van der Waals surface area contributed by atoms with E-state index in [0.29, 0.717) is 30.9 Å². The van der Waals surface area contributed by atoms with Gasteiger partial charge in [0, 0.05) is 18.2 Å². The molecule has 0 aromatic heterocycles. The fraction of sp³-hybridized carbons (Fsp3) is 0.591. The Morgan fingerprint density at radius 3 is 2.59 bits per heavy atom. The molecule has 142 valence electrons. The second kappa shape index (κ2) is 7.09. The summed E-state index contributed by atoms with van der Waals surface area (Å²) in [6.07, 6.45) is 6.46. The number of hydrogen-bond acceptors (Lipinski definition) is 4. The van der Waals surface area contributed by atoms with Crippen LogP contribution >= 0.6 is 0 Å². The van der Waals surface area contributed by atoms with Crippen LogP contribution in [0.3, 0.4) is 0 Å². The van der Waals surface area contributed by atoms with E-state index < -0.39 is 11.6 Å². The summed E-state index contributed by atoms with van der Waals surface area (Å²) in [5.74, 6) is 0.0391. The molecule has 2 heterocycles. The molecule has 1 N–H and O–H groups in total. The van der Waals surface area contributed by atoms with E-state index in [1.54, 1.807) is 4.90 Å². The predicted octanol–water partition coefficient (Wildman–Crippen LogP) is 2.98. The van der Waals surface area contributed by atoms with E-state index in [2.05, 4.69) is 11.4 Å². The molecular formula is C22H27N3O2. The van der Waals surface area contributed by atoms with Gasteiger partial charge in [-0.25, -0.2) is 0 Å². The quantitative estimate of drug-likeness (QED) is 0.660. The number of nitriles is 1. The summed E-state index contributed by atoms with van der Waals surface area (Å²) in [5.41, 5.74) is 0.450. The first-order valence-electron chi connectivity index (χ1n) is 10.1. The summed E-state index contributed by atoms with van der Waals surface area (Å²) in [6, 6.07) is 9.54. The van der Waals surface area contributed by atoms with Crippen LogP contribution in [-0.4, -0.2) is 40.8 Å². The Balaban J connectivity index is 1.71. The lowest BCUT2D eigenvalue weighted by Gasteiger charge is -2.33. The minimum absolute atomic E-state index is 0.134. The highest BCUT2D eigenvalue weighted by Crippen LogP contribution is 2.41. The number of carbonyl (C=O) groups is 2. The maximum Gasteiger partial charge on any atom is 0.252 e. The van der Waals surface area contributed by atoms with Crippen LogP contribution < -0.4 is 5.32 Å². The third-order valence-corrected chi connectivity index (χ3v) is 6.64. The standard InChI is InChI=1S/C22H27N3O2/c1-15-8-10-16(11-9-15)20(26)22(13-17-5-2-3-7-19(17)24-22)21(27)25-12-4-6-18(25)14-23/h8-11,17-19,24H,2-7,12-13H2,1H3/t17?,18-,19?,22+/m0/s1. The zero-order valence-electron chi connectivity index (χ0n) is 15.9. The molecule has 27 heavy (non-hydrogen) atoms. The summed E-state index contributed by atoms with van der Waals surface area (Å²) in [7, 11) is 0. The van der Waals surface area contributed by atoms with Gasteiger partial charge in [0.1, 0.15) is 6.04 Å². The van der Waals surface area contributed by atoms with Crippen molar-refractivity contribution >= 4 is 11.7 Å². The molecule has 5 heteroatoms. The first-order valence-corrected chi connectivity index (χ1v) is 10.1. The summed E-state index contributed by atoms with van der Waals surface area (Å²) in [6.45, 7) is 2.55. The number of aryl methyl sites for hydroxylation is 1. The topological polar surface area (TPSA) is 73.2 Å². The molecule has 1 aromatic rings. The summed E-state index contributed by atoms with van der Waals surface area (Å²) < 4.78 is 0. The molecule has 2 saturated heterocycles. The van der Waals surface area contributed by atoms with E-state index >= 15 is 0 Å². The van der Waals surface area contributed by atoms with Crippen LogP contribution in [-0.2, 0) is 4.79 Å². The maximum atomic E-state index is 13.7. The van der Waals surface area contributed by atoms with Gasteiger partial charge in [0.2, 0.25) is 0 Å². The Kier molecular flexibility index (Phi) is 4.77. The Hall–Kier alpha value is -2.19. The van der Waals surface area contributed by atoms with E-state index in [1.165, 1.54) is 0 Å². The number of nitrogens with one attached hydrogen (secondary N) is 1. The monoisotopic (exact) mass is 365 g/mol. The summed E-state index contributed by atoms with van der Waals surface area (Å²) in [5, 5.41) is 12.9. The van der Waals surface area contributed by atoms with Crippen LogP contribution in [0.25, 0.3) is 0 Å². The highest BCUT2D eigenvalue weighted by molar-refractivity contribution is 6.18. The molecule has 4 atom stereocenters. The van der Waals surface area contributed by atoms with Crippen molar-refractivity contribution in [3.63, 3.8) is 0 Å². The largest absolute Gasteiger partial charge is 0.325 e. The number of amides is 1. The van der Waals surface area contributed by atoms with Crippen molar-refractivity contribution in [3.05, 3.63) is 35.4 Å². The van der Waals surface area contributed by atoms with Crippen LogP contribution in [0.4, 0.5) is 0 Å². The molecule has 5 nitrogen and oxygen atoms in total. The molecule has 1 aromatic carbocycles. The smallest absolute Gasteiger partial charge is 0.252 e. The average molecular weight is 365 g/mol. The third kappa shape index (κ3) is 3.06. The number of Topliss-reactive ketones (excluding diaryl/α,β-unsaturated/α-hetero) is 1. The molecule has 4 rings (SSSR count). The van der Waals surface area contributed by atoms with Crippen LogP contribution in [0.1, 0.15) is 60.9 Å². The lowest BCUT2D eigenvalue weighted by molar-refractivity contribution is -0.136. The minimum atomic E-state index is -1.21.